The van der Waals surface area contributed by atoms with Crippen molar-refractivity contribution in [3.05, 3.63) is 0 Å². The van der Waals surface area contributed by atoms with Crippen LogP contribution in [-0.2, 0) is 0 Å². The Hall–Kier alpha value is -0.0800. The lowest BCUT2D eigenvalue weighted by Gasteiger charge is -2.41. The van der Waals surface area contributed by atoms with Crippen LogP contribution in [0.25, 0.3) is 0 Å². The second-order valence-corrected chi connectivity index (χ2v) is 6.71. The largest absolute Gasteiger partial charge is 0.391 e. The van der Waals surface area contributed by atoms with Crippen LogP contribution in [0.5, 0.6) is 0 Å². The third-order valence-corrected chi connectivity index (χ3v) is 5.28. The van der Waals surface area contributed by atoms with Crippen molar-refractivity contribution >= 4 is 0 Å². The third-order valence-electron chi connectivity index (χ3n) is 5.28. The van der Waals surface area contributed by atoms with Gasteiger partial charge in [-0.2, -0.15) is 0 Å². The van der Waals surface area contributed by atoms with E-state index in [1.807, 2.05) is 0 Å². The Morgan fingerprint density at radius 1 is 0.833 bits per heavy atom. The van der Waals surface area contributed by atoms with Crippen LogP contribution in [0.15, 0.2) is 0 Å². The predicted molar refractivity (Wildman–Crippen MR) is 76.7 cm³/mol. The van der Waals surface area contributed by atoms with Gasteiger partial charge >= 0.3 is 0 Å². The highest BCUT2D eigenvalue weighted by atomic mass is 16.3. The lowest BCUT2D eigenvalue weighted by Crippen LogP contribution is -2.48. The number of aliphatic hydroxyl groups excluding tert-OH is 1. The second-order valence-electron chi connectivity index (χ2n) is 6.71. The van der Waals surface area contributed by atoms with Gasteiger partial charge in [0.05, 0.1) is 6.10 Å². The molecule has 2 aliphatic carbocycles. The lowest BCUT2D eigenvalue weighted by atomic mass is 9.84. The van der Waals surface area contributed by atoms with Crippen LogP contribution in [0.3, 0.4) is 0 Å². The van der Waals surface area contributed by atoms with Gasteiger partial charge in [-0.15, -0.1) is 0 Å². The van der Waals surface area contributed by atoms with Crippen molar-refractivity contribution < 1.29 is 5.11 Å². The van der Waals surface area contributed by atoms with E-state index < -0.39 is 0 Å². The van der Waals surface area contributed by atoms with Gasteiger partial charge in [-0.25, -0.2) is 0 Å². The zero-order valence-corrected chi connectivity index (χ0v) is 12.3. The molecule has 1 N–H and O–H groups in total. The number of hydrogen-bond donors (Lipinski definition) is 1. The molecule has 2 aliphatic rings. The maximum absolute atomic E-state index is 10.4. The Morgan fingerprint density at radius 3 is 2.11 bits per heavy atom. The van der Waals surface area contributed by atoms with Crippen LogP contribution < -0.4 is 0 Å². The monoisotopic (exact) mass is 253 g/mol. The topological polar surface area (TPSA) is 23.5 Å². The van der Waals surface area contributed by atoms with Crippen molar-refractivity contribution in [2.45, 2.75) is 89.3 Å². The van der Waals surface area contributed by atoms with E-state index in [-0.39, 0.29) is 6.10 Å². The van der Waals surface area contributed by atoms with Gasteiger partial charge < -0.3 is 5.11 Å². The van der Waals surface area contributed by atoms with Gasteiger partial charge in [0.1, 0.15) is 0 Å². The van der Waals surface area contributed by atoms with E-state index in [0.29, 0.717) is 6.04 Å². The predicted octanol–water partition coefficient (Wildman–Crippen LogP) is 3.58. The highest BCUT2D eigenvalue weighted by Crippen LogP contribution is 2.30. The maximum Gasteiger partial charge on any atom is 0.0695 e. The summed E-state index contributed by atoms with van der Waals surface area (Å²) in [6.07, 6.45) is 12.7. The van der Waals surface area contributed by atoms with E-state index in [1.54, 1.807) is 0 Å². The van der Waals surface area contributed by atoms with E-state index >= 15 is 0 Å². The highest BCUT2D eigenvalue weighted by Gasteiger charge is 2.30. The zero-order chi connectivity index (χ0) is 13.0. The minimum Gasteiger partial charge on any atom is -0.391 e. The minimum absolute atomic E-state index is 0.0883. The molecule has 0 aromatic rings. The van der Waals surface area contributed by atoms with Gasteiger partial charge in [0.2, 0.25) is 0 Å². The summed E-state index contributed by atoms with van der Waals surface area (Å²) in [5.41, 5.74) is 0. The molecule has 0 amide bonds. The Kier molecular flexibility index (Phi) is 5.50. The van der Waals surface area contributed by atoms with Crippen molar-refractivity contribution in [3.63, 3.8) is 0 Å². The third kappa shape index (κ3) is 3.71. The standard InChI is InChI=1S/C16H31NO/c1-13-9-11-14(12-10-13)17(2)15-7-5-3-4-6-8-16(15)18/h13-16,18H,3-12H2,1-2H3. The van der Waals surface area contributed by atoms with Crippen LogP contribution in [0.2, 0.25) is 0 Å². The lowest BCUT2D eigenvalue weighted by molar-refractivity contribution is 0.0122. The molecule has 0 heterocycles. The molecule has 0 aliphatic heterocycles. The molecule has 2 heteroatoms. The fourth-order valence-electron chi connectivity index (χ4n) is 3.84. The number of hydrogen-bond acceptors (Lipinski definition) is 2. The summed E-state index contributed by atoms with van der Waals surface area (Å²) in [5.74, 6) is 0.914. The Morgan fingerprint density at radius 2 is 1.44 bits per heavy atom. The van der Waals surface area contributed by atoms with E-state index in [2.05, 4.69) is 18.9 Å². The van der Waals surface area contributed by atoms with Gasteiger partial charge in [-0.05, 0) is 51.5 Å². The fraction of sp³-hybridized carbons (Fsp3) is 1.00. The van der Waals surface area contributed by atoms with Crippen LogP contribution in [0, 0.1) is 5.92 Å². The highest BCUT2D eigenvalue weighted by molar-refractivity contribution is 4.85. The molecule has 0 aromatic heterocycles. The quantitative estimate of drug-likeness (QED) is 0.813. The molecular weight excluding hydrogens is 222 g/mol. The van der Waals surface area contributed by atoms with Crippen LogP contribution >= 0.6 is 0 Å². The first kappa shape index (κ1) is 14.3. The molecule has 0 saturated heterocycles. The van der Waals surface area contributed by atoms with Crippen molar-refractivity contribution in [1.29, 1.82) is 0 Å². The Labute approximate surface area is 113 Å². The molecule has 106 valence electrons. The fourth-order valence-corrected chi connectivity index (χ4v) is 3.84. The van der Waals surface area contributed by atoms with Crippen molar-refractivity contribution in [3.8, 4) is 0 Å². The molecular formula is C16H31NO. The average molecular weight is 253 g/mol. The summed E-state index contributed by atoms with van der Waals surface area (Å²) in [6.45, 7) is 2.38. The molecule has 0 aromatic carbocycles. The molecule has 0 spiro atoms. The first-order valence-electron chi connectivity index (χ1n) is 8.08. The molecule has 0 bridgehead atoms. The van der Waals surface area contributed by atoms with Gasteiger partial charge in [0, 0.05) is 12.1 Å². The van der Waals surface area contributed by atoms with Gasteiger partial charge in [-0.1, -0.05) is 32.6 Å². The van der Waals surface area contributed by atoms with Gasteiger partial charge in [-0.3, -0.25) is 4.90 Å². The number of likely N-dealkylation sites (N-methyl/N-ethyl adjacent to an activating group) is 1. The summed E-state index contributed by atoms with van der Waals surface area (Å²) in [4.78, 5) is 2.53. The molecule has 18 heavy (non-hydrogen) atoms. The number of rotatable bonds is 2. The Bertz CT molecular complexity index is 235. The van der Waals surface area contributed by atoms with E-state index in [4.69, 9.17) is 0 Å². The maximum atomic E-state index is 10.4. The molecule has 2 unspecified atom stereocenters. The van der Waals surface area contributed by atoms with Gasteiger partial charge in [0.25, 0.3) is 0 Å². The molecule has 2 saturated carbocycles. The molecule has 0 radical (unpaired) electrons. The molecule has 2 rings (SSSR count). The number of aliphatic hydroxyl groups is 1. The molecule has 2 fully saturated rings. The van der Waals surface area contributed by atoms with Crippen LogP contribution in [0.1, 0.15) is 71.1 Å². The minimum atomic E-state index is -0.0883. The summed E-state index contributed by atoms with van der Waals surface area (Å²) in [6, 6.07) is 1.14. The summed E-state index contributed by atoms with van der Waals surface area (Å²) in [5, 5.41) is 10.4. The zero-order valence-electron chi connectivity index (χ0n) is 12.3. The van der Waals surface area contributed by atoms with Crippen LogP contribution in [0.4, 0.5) is 0 Å². The molecule has 2 atom stereocenters. The van der Waals surface area contributed by atoms with Crippen molar-refractivity contribution in [2.75, 3.05) is 7.05 Å². The second kappa shape index (κ2) is 6.91. The van der Waals surface area contributed by atoms with Crippen molar-refractivity contribution in [2.24, 2.45) is 5.92 Å². The summed E-state index contributed by atoms with van der Waals surface area (Å²) < 4.78 is 0. The van der Waals surface area contributed by atoms with E-state index in [9.17, 15) is 5.11 Å². The van der Waals surface area contributed by atoms with Gasteiger partial charge in [0.15, 0.2) is 0 Å². The molecule has 2 nitrogen and oxygen atoms in total. The first-order valence-corrected chi connectivity index (χ1v) is 8.08. The number of nitrogens with zero attached hydrogens (tertiary/aromatic N) is 1. The van der Waals surface area contributed by atoms with E-state index in [0.717, 1.165) is 18.4 Å². The average Bonchev–Trinajstić information content (AvgIpc) is 2.35. The normalized spacial score (nSPS) is 39.3. The smallest absolute Gasteiger partial charge is 0.0695 e. The van der Waals surface area contributed by atoms with E-state index in [1.165, 1.54) is 57.8 Å². The first-order chi connectivity index (χ1) is 8.68. The summed E-state index contributed by atoms with van der Waals surface area (Å²) >= 11 is 0. The van der Waals surface area contributed by atoms with Crippen LogP contribution in [-0.4, -0.2) is 35.2 Å². The SMILES string of the molecule is CC1CCC(N(C)C2CCCCCCC2O)CC1. The summed E-state index contributed by atoms with van der Waals surface area (Å²) in [7, 11) is 2.26. The Balaban J connectivity index is 1.90. The van der Waals surface area contributed by atoms with Crippen molar-refractivity contribution in [1.82, 2.24) is 4.90 Å².